The summed E-state index contributed by atoms with van der Waals surface area (Å²) in [6.45, 7) is 2.10. The third kappa shape index (κ3) is 4.42. The number of amides is 1. The minimum absolute atomic E-state index is 0.230. The van der Waals surface area contributed by atoms with Gasteiger partial charge in [-0.15, -0.1) is 0 Å². The van der Waals surface area contributed by atoms with Gasteiger partial charge in [0, 0.05) is 42.3 Å². The maximum absolute atomic E-state index is 12.5. The third-order valence-electron chi connectivity index (χ3n) is 4.90. The molecule has 0 aliphatic carbocycles. The van der Waals surface area contributed by atoms with Crippen molar-refractivity contribution in [1.29, 1.82) is 0 Å². The molecule has 1 aromatic carbocycles. The Bertz CT molecular complexity index is 1070. The number of nitrogens with one attached hydrogen (secondary N) is 1. The van der Waals surface area contributed by atoms with Crippen molar-refractivity contribution in [2.75, 3.05) is 19.6 Å². The lowest BCUT2D eigenvalue weighted by Gasteiger charge is -2.15. The topological polar surface area (TPSA) is 84.3 Å². The van der Waals surface area contributed by atoms with Gasteiger partial charge in [0.1, 0.15) is 0 Å². The molecular weight excluding hydrogens is 408 g/mol. The van der Waals surface area contributed by atoms with E-state index in [0.717, 1.165) is 24.1 Å². The highest BCUT2D eigenvalue weighted by atomic mass is 32.2. The van der Waals surface area contributed by atoms with Crippen molar-refractivity contribution in [3.63, 3.8) is 0 Å². The summed E-state index contributed by atoms with van der Waals surface area (Å²) in [6.07, 6.45) is 3.67. The van der Waals surface area contributed by atoms with E-state index in [4.69, 9.17) is 0 Å². The first kappa shape index (κ1) is 19.8. The van der Waals surface area contributed by atoms with Gasteiger partial charge in [-0.3, -0.25) is 9.48 Å². The number of carbonyl (C=O) groups excluding carboxylic acids is 1. The Kier molecular flexibility index (Phi) is 5.79. The first-order chi connectivity index (χ1) is 14.0. The number of aromatic nitrogens is 2. The lowest BCUT2D eigenvalue weighted by atomic mass is 10.2. The fourth-order valence-corrected chi connectivity index (χ4v) is 5.46. The summed E-state index contributed by atoms with van der Waals surface area (Å²) >= 11 is 1.63. The SMILES string of the molecule is O=C(NCCn1ccc(-c2ccsc2)n1)c1ccc(S(=O)(=O)N2CCCC2)cc1. The van der Waals surface area contributed by atoms with E-state index in [0.29, 0.717) is 31.7 Å². The van der Waals surface area contributed by atoms with Crippen LogP contribution in [0.5, 0.6) is 0 Å². The number of hydrogen-bond donors (Lipinski definition) is 1. The van der Waals surface area contributed by atoms with Gasteiger partial charge < -0.3 is 5.32 Å². The highest BCUT2D eigenvalue weighted by Crippen LogP contribution is 2.21. The van der Waals surface area contributed by atoms with Crippen LogP contribution in [-0.4, -0.2) is 48.0 Å². The molecule has 1 aliphatic rings. The molecule has 9 heteroatoms. The summed E-state index contributed by atoms with van der Waals surface area (Å²) in [7, 11) is -3.46. The van der Waals surface area contributed by atoms with Crippen molar-refractivity contribution in [3.05, 3.63) is 58.9 Å². The quantitative estimate of drug-likeness (QED) is 0.625. The highest BCUT2D eigenvalue weighted by Gasteiger charge is 2.27. The van der Waals surface area contributed by atoms with Crippen LogP contribution in [0.4, 0.5) is 0 Å². The molecule has 3 heterocycles. The molecule has 4 rings (SSSR count). The zero-order valence-corrected chi connectivity index (χ0v) is 17.5. The van der Waals surface area contributed by atoms with E-state index in [1.807, 2.05) is 29.1 Å². The first-order valence-electron chi connectivity index (χ1n) is 9.48. The third-order valence-corrected chi connectivity index (χ3v) is 7.50. The normalized spacial score (nSPS) is 14.9. The average Bonchev–Trinajstić information content (AvgIpc) is 3.50. The number of sulfonamides is 1. The van der Waals surface area contributed by atoms with Crippen molar-refractivity contribution in [1.82, 2.24) is 19.4 Å². The van der Waals surface area contributed by atoms with Crippen LogP contribution in [0.1, 0.15) is 23.2 Å². The molecule has 0 spiro atoms. The number of rotatable bonds is 7. The second kappa shape index (κ2) is 8.48. The monoisotopic (exact) mass is 430 g/mol. The van der Waals surface area contributed by atoms with Crippen LogP contribution >= 0.6 is 11.3 Å². The fraction of sp³-hybridized carbons (Fsp3) is 0.300. The Morgan fingerprint density at radius 2 is 1.86 bits per heavy atom. The van der Waals surface area contributed by atoms with Gasteiger partial charge in [-0.2, -0.15) is 20.7 Å². The van der Waals surface area contributed by atoms with E-state index in [-0.39, 0.29) is 10.8 Å². The van der Waals surface area contributed by atoms with E-state index < -0.39 is 10.0 Å². The van der Waals surface area contributed by atoms with Crippen molar-refractivity contribution < 1.29 is 13.2 Å². The summed E-state index contributed by atoms with van der Waals surface area (Å²) in [5.74, 6) is -0.236. The first-order valence-corrected chi connectivity index (χ1v) is 11.9. The molecule has 1 saturated heterocycles. The van der Waals surface area contributed by atoms with Crippen molar-refractivity contribution in [2.24, 2.45) is 0 Å². The van der Waals surface area contributed by atoms with Gasteiger partial charge in [0.2, 0.25) is 10.0 Å². The standard InChI is InChI=1S/C20H22N4O3S2/c25-20(21-9-13-23-12-7-19(22-23)17-8-14-28-15-17)16-3-5-18(6-4-16)29(26,27)24-10-1-2-11-24/h3-8,12,14-15H,1-2,9-11,13H2,(H,21,25). The van der Waals surface area contributed by atoms with Crippen LogP contribution in [0.25, 0.3) is 11.3 Å². The summed E-state index contributed by atoms with van der Waals surface area (Å²) in [4.78, 5) is 12.6. The second-order valence-electron chi connectivity index (χ2n) is 6.87. The smallest absolute Gasteiger partial charge is 0.251 e. The molecule has 1 aliphatic heterocycles. The Balaban J connectivity index is 1.32. The summed E-state index contributed by atoms with van der Waals surface area (Å²) in [6, 6.07) is 10.1. The fourth-order valence-electron chi connectivity index (χ4n) is 3.29. The van der Waals surface area contributed by atoms with Crippen LogP contribution in [0.3, 0.4) is 0 Å². The molecule has 0 unspecified atom stereocenters. The van der Waals surface area contributed by atoms with Crippen molar-refractivity contribution in [3.8, 4) is 11.3 Å². The summed E-state index contributed by atoms with van der Waals surface area (Å²) < 4.78 is 28.4. The number of thiophene rings is 1. The predicted molar refractivity (Wildman–Crippen MR) is 112 cm³/mol. The largest absolute Gasteiger partial charge is 0.350 e. The van der Waals surface area contributed by atoms with Gasteiger partial charge in [-0.1, -0.05) is 0 Å². The van der Waals surface area contributed by atoms with E-state index in [1.165, 1.54) is 16.4 Å². The van der Waals surface area contributed by atoms with Gasteiger partial charge >= 0.3 is 0 Å². The Morgan fingerprint density at radius 3 is 2.55 bits per heavy atom. The molecule has 0 bridgehead atoms. The van der Waals surface area contributed by atoms with Gasteiger partial charge in [0.15, 0.2) is 0 Å². The Labute approximate surface area is 174 Å². The molecule has 3 aromatic rings. The second-order valence-corrected chi connectivity index (χ2v) is 9.59. The zero-order chi connectivity index (χ0) is 20.3. The molecule has 0 saturated carbocycles. The molecule has 1 N–H and O–H groups in total. The van der Waals surface area contributed by atoms with E-state index in [9.17, 15) is 13.2 Å². The highest BCUT2D eigenvalue weighted by molar-refractivity contribution is 7.89. The molecule has 152 valence electrons. The molecule has 1 amide bonds. The van der Waals surface area contributed by atoms with E-state index in [2.05, 4.69) is 10.4 Å². The zero-order valence-electron chi connectivity index (χ0n) is 15.8. The van der Waals surface area contributed by atoms with Crippen molar-refractivity contribution in [2.45, 2.75) is 24.3 Å². The molecular formula is C20H22N4O3S2. The predicted octanol–water partition coefficient (Wildman–Crippen LogP) is 2.83. The maximum atomic E-state index is 12.5. The Hall–Kier alpha value is -2.49. The van der Waals surface area contributed by atoms with Gasteiger partial charge in [0.05, 0.1) is 17.1 Å². The van der Waals surface area contributed by atoms with Crippen molar-refractivity contribution >= 4 is 27.3 Å². The van der Waals surface area contributed by atoms with Crippen LogP contribution in [0.15, 0.2) is 58.3 Å². The van der Waals surface area contributed by atoms with E-state index in [1.54, 1.807) is 28.2 Å². The maximum Gasteiger partial charge on any atom is 0.251 e. The lowest BCUT2D eigenvalue weighted by Crippen LogP contribution is -2.28. The van der Waals surface area contributed by atoms with Crippen LogP contribution in [0.2, 0.25) is 0 Å². The summed E-state index contributed by atoms with van der Waals surface area (Å²) in [5.41, 5.74) is 2.43. The molecule has 0 atom stereocenters. The number of hydrogen-bond acceptors (Lipinski definition) is 5. The average molecular weight is 431 g/mol. The van der Waals surface area contributed by atoms with Gasteiger partial charge in [-0.25, -0.2) is 8.42 Å². The van der Waals surface area contributed by atoms with Gasteiger partial charge in [-0.05, 0) is 54.6 Å². The molecule has 7 nitrogen and oxygen atoms in total. The van der Waals surface area contributed by atoms with Crippen LogP contribution in [-0.2, 0) is 16.6 Å². The van der Waals surface area contributed by atoms with Crippen LogP contribution < -0.4 is 5.32 Å². The minimum Gasteiger partial charge on any atom is -0.350 e. The minimum atomic E-state index is -3.46. The molecule has 2 aromatic heterocycles. The number of nitrogens with zero attached hydrogens (tertiary/aromatic N) is 3. The number of benzene rings is 1. The molecule has 29 heavy (non-hydrogen) atoms. The van der Waals surface area contributed by atoms with E-state index >= 15 is 0 Å². The Morgan fingerprint density at radius 1 is 1.10 bits per heavy atom. The summed E-state index contributed by atoms with van der Waals surface area (Å²) in [5, 5.41) is 11.4. The van der Waals surface area contributed by atoms with Crippen LogP contribution in [0, 0.1) is 0 Å². The van der Waals surface area contributed by atoms with Gasteiger partial charge in [0.25, 0.3) is 5.91 Å². The molecule has 1 fully saturated rings. The molecule has 0 radical (unpaired) electrons. The number of carbonyl (C=O) groups is 1. The lowest BCUT2D eigenvalue weighted by molar-refractivity contribution is 0.0952.